The maximum Gasteiger partial charge on any atom is 0.309 e. The number of piperidine rings is 1. The third-order valence-electron chi connectivity index (χ3n) is 6.68. The van der Waals surface area contributed by atoms with Gasteiger partial charge in [0.25, 0.3) is 5.91 Å². The van der Waals surface area contributed by atoms with Gasteiger partial charge in [0.1, 0.15) is 17.3 Å². The molecule has 0 atom stereocenters. The van der Waals surface area contributed by atoms with Crippen molar-refractivity contribution < 1.29 is 37.5 Å². The Hall–Kier alpha value is -4.28. The van der Waals surface area contributed by atoms with Crippen molar-refractivity contribution in [2.45, 2.75) is 32.7 Å². The number of hydrogen-bond acceptors (Lipinski definition) is 9. The number of ether oxygens (including phenoxy) is 3. The molecule has 0 N–H and O–H groups in total. The molecule has 1 fully saturated rings. The SMILES string of the molecule is CCOC(=O)C1CCN(C(=O)CCN(Cc2ccco2)C(=O)c2cc(-c3cc(OC)ccc3OC)on2)CC1. The Morgan fingerprint density at radius 3 is 2.56 bits per heavy atom. The van der Waals surface area contributed by atoms with Crippen LogP contribution in [0.2, 0.25) is 0 Å². The molecule has 11 nitrogen and oxygen atoms in total. The minimum Gasteiger partial charge on any atom is -0.497 e. The molecule has 0 aliphatic carbocycles. The van der Waals surface area contributed by atoms with Crippen LogP contribution in [-0.2, 0) is 20.9 Å². The van der Waals surface area contributed by atoms with Crippen LogP contribution in [0.25, 0.3) is 11.3 Å². The van der Waals surface area contributed by atoms with Gasteiger partial charge in [-0.05, 0) is 50.1 Å². The number of aromatic nitrogens is 1. The van der Waals surface area contributed by atoms with Crippen LogP contribution >= 0.6 is 0 Å². The monoisotopic (exact) mass is 539 g/mol. The van der Waals surface area contributed by atoms with Crippen molar-refractivity contribution in [2.24, 2.45) is 5.92 Å². The van der Waals surface area contributed by atoms with Gasteiger partial charge in [-0.25, -0.2) is 0 Å². The Morgan fingerprint density at radius 1 is 1.10 bits per heavy atom. The summed E-state index contributed by atoms with van der Waals surface area (Å²) in [5.41, 5.74) is 0.673. The van der Waals surface area contributed by atoms with Crippen molar-refractivity contribution in [1.82, 2.24) is 15.0 Å². The minimum absolute atomic E-state index is 0.0866. The number of esters is 1. The van der Waals surface area contributed by atoms with E-state index < -0.39 is 5.91 Å². The van der Waals surface area contributed by atoms with Crippen molar-refractivity contribution in [3.63, 3.8) is 0 Å². The number of likely N-dealkylation sites (tertiary alicyclic amines) is 1. The molecule has 1 aromatic carbocycles. The van der Waals surface area contributed by atoms with E-state index in [-0.39, 0.29) is 43.0 Å². The van der Waals surface area contributed by atoms with Gasteiger partial charge in [-0.15, -0.1) is 0 Å². The molecule has 4 rings (SSSR count). The highest BCUT2D eigenvalue weighted by Gasteiger charge is 2.29. The number of amides is 2. The Bertz CT molecular complexity index is 1260. The van der Waals surface area contributed by atoms with Crippen LogP contribution in [-0.4, -0.2) is 73.2 Å². The third kappa shape index (κ3) is 6.78. The van der Waals surface area contributed by atoms with Crippen molar-refractivity contribution in [2.75, 3.05) is 40.5 Å². The second-order valence-electron chi connectivity index (χ2n) is 9.11. The smallest absolute Gasteiger partial charge is 0.309 e. The van der Waals surface area contributed by atoms with Crippen LogP contribution in [0.5, 0.6) is 11.5 Å². The topological polar surface area (TPSA) is 125 Å². The van der Waals surface area contributed by atoms with Crippen LogP contribution in [0, 0.1) is 5.92 Å². The van der Waals surface area contributed by atoms with E-state index in [0.717, 1.165) is 0 Å². The van der Waals surface area contributed by atoms with Crippen LogP contribution in [0.3, 0.4) is 0 Å². The lowest BCUT2D eigenvalue weighted by Crippen LogP contribution is -2.42. The van der Waals surface area contributed by atoms with Gasteiger partial charge in [0.2, 0.25) is 5.91 Å². The zero-order valence-corrected chi connectivity index (χ0v) is 22.4. The minimum atomic E-state index is -0.405. The van der Waals surface area contributed by atoms with E-state index in [1.54, 1.807) is 49.3 Å². The molecule has 3 aromatic rings. The largest absolute Gasteiger partial charge is 0.497 e. The second kappa shape index (κ2) is 13.0. The Labute approximate surface area is 226 Å². The Kier molecular flexibility index (Phi) is 9.24. The van der Waals surface area contributed by atoms with Gasteiger partial charge in [-0.2, -0.15) is 0 Å². The molecule has 3 heterocycles. The Morgan fingerprint density at radius 2 is 1.90 bits per heavy atom. The summed E-state index contributed by atoms with van der Waals surface area (Å²) in [5.74, 6) is 1.16. The van der Waals surface area contributed by atoms with Gasteiger partial charge >= 0.3 is 5.97 Å². The normalized spacial score (nSPS) is 13.7. The first-order chi connectivity index (χ1) is 18.9. The maximum atomic E-state index is 13.5. The fourth-order valence-electron chi connectivity index (χ4n) is 4.53. The number of benzene rings is 1. The first kappa shape index (κ1) is 27.7. The molecular weight excluding hydrogens is 506 g/mol. The standard InChI is InChI=1S/C28H33N3O8/c1-4-37-28(34)19-9-12-30(13-10-19)26(32)11-14-31(18-21-6-5-15-38-21)27(33)23-17-25(39-29-23)22-16-20(35-2)7-8-24(22)36-3/h5-8,15-17,19H,4,9-14,18H2,1-3H3. The lowest BCUT2D eigenvalue weighted by atomic mass is 9.97. The molecule has 2 amide bonds. The van der Waals surface area contributed by atoms with Gasteiger partial charge in [0.15, 0.2) is 11.5 Å². The van der Waals surface area contributed by atoms with Gasteiger partial charge < -0.3 is 33.0 Å². The first-order valence-corrected chi connectivity index (χ1v) is 12.9. The molecule has 1 saturated heterocycles. The average Bonchev–Trinajstić information content (AvgIpc) is 3.67. The van der Waals surface area contributed by atoms with E-state index in [1.807, 2.05) is 0 Å². The van der Waals surface area contributed by atoms with Crippen LogP contribution < -0.4 is 9.47 Å². The predicted molar refractivity (Wildman–Crippen MR) is 139 cm³/mol. The van der Waals surface area contributed by atoms with Crippen LogP contribution in [0.4, 0.5) is 0 Å². The van der Waals surface area contributed by atoms with Gasteiger partial charge in [-0.1, -0.05) is 5.16 Å². The highest BCUT2D eigenvalue weighted by molar-refractivity contribution is 5.93. The number of methoxy groups -OCH3 is 2. The fourth-order valence-corrected chi connectivity index (χ4v) is 4.53. The van der Waals surface area contributed by atoms with Crippen molar-refractivity contribution in [3.8, 4) is 22.8 Å². The van der Waals surface area contributed by atoms with E-state index in [9.17, 15) is 14.4 Å². The predicted octanol–water partition coefficient (Wildman–Crippen LogP) is 3.79. The van der Waals surface area contributed by atoms with Crippen molar-refractivity contribution in [3.05, 3.63) is 54.1 Å². The summed E-state index contributed by atoms with van der Waals surface area (Å²) in [5, 5.41) is 4.00. The molecule has 11 heteroatoms. The zero-order chi connectivity index (χ0) is 27.8. The molecule has 208 valence electrons. The lowest BCUT2D eigenvalue weighted by molar-refractivity contribution is -0.151. The number of nitrogens with zero attached hydrogens (tertiary/aromatic N) is 3. The third-order valence-corrected chi connectivity index (χ3v) is 6.68. The second-order valence-corrected chi connectivity index (χ2v) is 9.11. The van der Waals surface area contributed by atoms with Crippen LogP contribution in [0.15, 0.2) is 51.6 Å². The summed E-state index contributed by atoms with van der Waals surface area (Å²) < 4.78 is 26.8. The van der Waals surface area contributed by atoms with Crippen molar-refractivity contribution >= 4 is 17.8 Å². The molecule has 0 unspecified atom stereocenters. The molecule has 0 saturated carbocycles. The highest BCUT2D eigenvalue weighted by Crippen LogP contribution is 2.34. The zero-order valence-electron chi connectivity index (χ0n) is 22.4. The highest BCUT2D eigenvalue weighted by atomic mass is 16.5. The summed E-state index contributed by atoms with van der Waals surface area (Å²) >= 11 is 0. The molecule has 0 radical (unpaired) electrons. The summed E-state index contributed by atoms with van der Waals surface area (Å²) in [4.78, 5) is 41.7. The van der Waals surface area contributed by atoms with Gasteiger partial charge in [-0.3, -0.25) is 14.4 Å². The lowest BCUT2D eigenvalue weighted by Gasteiger charge is -2.31. The summed E-state index contributed by atoms with van der Waals surface area (Å²) in [6.45, 7) is 3.39. The number of furan rings is 1. The molecule has 1 aliphatic rings. The summed E-state index contributed by atoms with van der Waals surface area (Å²) in [7, 11) is 3.09. The molecule has 1 aliphatic heterocycles. The molecule has 0 spiro atoms. The number of carbonyl (C=O) groups excluding carboxylic acids is 3. The van der Waals surface area contributed by atoms with E-state index in [2.05, 4.69) is 5.16 Å². The summed E-state index contributed by atoms with van der Waals surface area (Å²) in [6, 6.07) is 10.3. The van der Waals surface area contributed by atoms with E-state index in [1.165, 1.54) is 24.3 Å². The molecule has 0 bridgehead atoms. The van der Waals surface area contributed by atoms with E-state index >= 15 is 0 Å². The summed E-state index contributed by atoms with van der Waals surface area (Å²) in [6.07, 6.45) is 2.77. The Balaban J connectivity index is 1.44. The molecule has 39 heavy (non-hydrogen) atoms. The average molecular weight is 540 g/mol. The van der Waals surface area contributed by atoms with Crippen molar-refractivity contribution in [1.29, 1.82) is 0 Å². The van der Waals surface area contributed by atoms with E-state index in [4.69, 9.17) is 23.2 Å². The quantitative estimate of drug-likeness (QED) is 0.335. The number of rotatable bonds is 11. The van der Waals surface area contributed by atoms with Crippen LogP contribution in [0.1, 0.15) is 42.4 Å². The molecule has 2 aromatic heterocycles. The van der Waals surface area contributed by atoms with Gasteiger partial charge in [0, 0.05) is 32.1 Å². The maximum absolute atomic E-state index is 13.5. The van der Waals surface area contributed by atoms with E-state index in [0.29, 0.717) is 61.1 Å². The number of carbonyl (C=O) groups is 3. The molecular formula is C28H33N3O8. The fraction of sp³-hybridized carbons (Fsp3) is 0.429. The first-order valence-electron chi connectivity index (χ1n) is 12.9. The number of hydrogen-bond donors (Lipinski definition) is 0. The van der Waals surface area contributed by atoms with Gasteiger partial charge in [0.05, 0.1) is 45.1 Å².